The Morgan fingerprint density at radius 3 is 2.93 bits per heavy atom. The van der Waals surface area contributed by atoms with Gasteiger partial charge < -0.3 is 9.47 Å². The van der Waals surface area contributed by atoms with Gasteiger partial charge >= 0.3 is 12.1 Å². The van der Waals surface area contributed by atoms with Crippen LogP contribution in [-0.4, -0.2) is 36.3 Å². The van der Waals surface area contributed by atoms with Crippen molar-refractivity contribution in [2.45, 2.75) is 32.7 Å². The number of carbonyl (C=O) groups excluding carboxylic acids is 2. The minimum atomic E-state index is -0.402. The quantitative estimate of drug-likeness (QED) is 0.640. The molecule has 80 valence electrons. The van der Waals surface area contributed by atoms with Gasteiger partial charge in [0.25, 0.3) is 0 Å². The van der Waals surface area contributed by atoms with Crippen LogP contribution in [0.5, 0.6) is 0 Å². The highest BCUT2D eigenvalue weighted by Gasteiger charge is 2.32. The number of cyclic esters (lactones) is 1. The Labute approximate surface area is 83.0 Å². The molecular formula is C9H15NO4. The number of hydrogen-bond donors (Lipinski definition) is 0. The first-order chi connectivity index (χ1) is 6.69. The summed E-state index contributed by atoms with van der Waals surface area (Å²) in [7, 11) is 0. The van der Waals surface area contributed by atoms with Gasteiger partial charge in [0.1, 0.15) is 6.61 Å². The second-order valence-corrected chi connectivity index (χ2v) is 3.11. The summed E-state index contributed by atoms with van der Waals surface area (Å²) in [6.07, 6.45) is 0.718. The smallest absolute Gasteiger partial charge is 0.412 e. The third-order valence-corrected chi connectivity index (χ3v) is 2.20. The lowest BCUT2D eigenvalue weighted by atomic mass is 10.2. The molecule has 1 rings (SSSR count). The molecule has 1 saturated heterocycles. The number of amides is 1. The molecule has 1 aliphatic heterocycles. The van der Waals surface area contributed by atoms with E-state index in [1.807, 2.05) is 6.92 Å². The van der Waals surface area contributed by atoms with Gasteiger partial charge in [-0.3, -0.25) is 9.69 Å². The largest absolute Gasteiger partial charge is 0.447 e. The van der Waals surface area contributed by atoms with Crippen molar-refractivity contribution in [2.24, 2.45) is 0 Å². The minimum absolute atomic E-state index is 0.00398. The van der Waals surface area contributed by atoms with Crippen LogP contribution in [0.1, 0.15) is 26.7 Å². The predicted molar refractivity (Wildman–Crippen MR) is 48.5 cm³/mol. The SMILES string of the molecule is CCC(=O)OCN1C(=O)OCC1CC. The third-order valence-electron chi connectivity index (χ3n) is 2.20. The van der Waals surface area contributed by atoms with Crippen LogP contribution < -0.4 is 0 Å². The van der Waals surface area contributed by atoms with E-state index in [0.29, 0.717) is 13.0 Å². The minimum Gasteiger partial charge on any atom is -0.447 e. The summed E-state index contributed by atoms with van der Waals surface area (Å²) < 4.78 is 9.69. The van der Waals surface area contributed by atoms with Gasteiger partial charge in [-0.15, -0.1) is 0 Å². The number of carbonyl (C=O) groups is 2. The van der Waals surface area contributed by atoms with Crippen molar-refractivity contribution in [3.05, 3.63) is 0 Å². The van der Waals surface area contributed by atoms with E-state index in [4.69, 9.17) is 9.47 Å². The monoisotopic (exact) mass is 201 g/mol. The maximum absolute atomic E-state index is 11.2. The molecule has 1 heterocycles. The van der Waals surface area contributed by atoms with Gasteiger partial charge in [-0.05, 0) is 6.42 Å². The van der Waals surface area contributed by atoms with Crippen LogP contribution in [-0.2, 0) is 14.3 Å². The highest BCUT2D eigenvalue weighted by Crippen LogP contribution is 2.14. The van der Waals surface area contributed by atoms with Gasteiger partial charge in [0.2, 0.25) is 0 Å². The van der Waals surface area contributed by atoms with Crippen LogP contribution in [0.25, 0.3) is 0 Å². The van der Waals surface area contributed by atoms with Crippen LogP contribution in [0.2, 0.25) is 0 Å². The number of hydrogen-bond acceptors (Lipinski definition) is 4. The summed E-state index contributed by atoms with van der Waals surface area (Å²) in [6.45, 7) is 4.06. The van der Waals surface area contributed by atoms with E-state index in [9.17, 15) is 9.59 Å². The molecule has 0 N–H and O–H groups in total. The van der Waals surface area contributed by atoms with Gasteiger partial charge in [0.15, 0.2) is 6.73 Å². The normalized spacial score (nSPS) is 20.9. The van der Waals surface area contributed by atoms with Gasteiger partial charge in [-0.2, -0.15) is 0 Å². The van der Waals surface area contributed by atoms with Gasteiger partial charge in [0, 0.05) is 6.42 Å². The van der Waals surface area contributed by atoms with Crippen molar-refractivity contribution in [3.63, 3.8) is 0 Å². The molecule has 14 heavy (non-hydrogen) atoms. The van der Waals surface area contributed by atoms with Crippen LogP contribution >= 0.6 is 0 Å². The molecule has 0 saturated carbocycles. The highest BCUT2D eigenvalue weighted by atomic mass is 16.6. The first kappa shape index (κ1) is 10.8. The molecule has 5 nitrogen and oxygen atoms in total. The van der Waals surface area contributed by atoms with Gasteiger partial charge in [-0.25, -0.2) is 4.79 Å². The number of rotatable bonds is 4. The molecule has 1 atom stereocenters. The molecule has 1 unspecified atom stereocenters. The van der Waals surface area contributed by atoms with Crippen LogP contribution in [0.3, 0.4) is 0 Å². The summed E-state index contributed by atoms with van der Waals surface area (Å²) in [5.41, 5.74) is 0. The van der Waals surface area contributed by atoms with Crippen molar-refractivity contribution in [1.82, 2.24) is 4.90 Å². The molecule has 0 aromatic carbocycles. The fraction of sp³-hybridized carbons (Fsp3) is 0.778. The maximum atomic E-state index is 11.2. The Balaban J connectivity index is 2.41. The third kappa shape index (κ3) is 2.37. The Morgan fingerprint density at radius 2 is 2.36 bits per heavy atom. The second-order valence-electron chi connectivity index (χ2n) is 3.11. The Hall–Kier alpha value is -1.26. The molecule has 0 aromatic heterocycles. The molecule has 0 radical (unpaired) electrons. The second kappa shape index (κ2) is 4.83. The topological polar surface area (TPSA) is 55.8 Å². The molecule has 1 amide bonds. The van der Waals surface area contributed by atoms with Crippen molar-refractivity contribution in [1.29, 1.82) is 0 Å². The summed E-state index contributed by atoms with van der Waals surface area (Å²) in [5, 5.41) is 0. The summed E-state index contributed by atoms with van der Waals surface area (Å²) in [5.74, 6) is -0.306. The van der Waals surface area contributed by atoms with E-state index in [0.717, 1.165) is 6.42 Å². The fourth-order valence-corrected chi connectivity index (χ4v) is 1.23. The summed E-state index contributed by atoms with van der Waals surface area (Å²) >= 11 is 0. The molecule has 1 aliphatic rings. The molecule has 5 heteroatoms. The lowest BCUT2D eigenvalue weighted by Crippen LogP contribution is -2.35. The van der Waals surface area contributed by atoms with Gasteiger partial charge in [0.05, 0.1) is 6.04 Å². The fourth-order valence-electron chi connectivity index (χ4n) is 1.23. The zero-order valence-corrected chi connectivity index (χ0v) is 8.49. The molecule has 0 bridgehead atoms. The predicted octanol–water partition coefficient (Wildman–Crippen LogP) is 1.13. The molecular weight excluding hydrogens is 186 g/mol. The van der Waals surface area contributed by atoms with E-state index >= 15 is 0 Å². The Morgan fingerprint density at radius 1 is 1.64 bits per heavy atom. The standard InChI is InChI=1S/C9H15NO4/c1-3-7-5-13-9(12)10(7)6-14-8(11)4-2/h7H,3-6H2,1-2H3. The highest BCUT2D eigenvalue weighted by molar-refractivity contribution is 5.71. The van der Waals surface area contributed by atoms with Crippen molar-refractivity contribution < 1.29 is 19.1 Å². The van der Waals surface area contributed by atoms with Crippen molar-refractivity contribution in [3.8, 4) is 0 Å². The Bertz CT molecular complexity index is 229. The maximum Gasteiger partial charge on any atom is 0.412 e. The van der Waals surface area contributed by atoms with Crippen LogP contribution in [0, 0.1) is 0 Å². The zero-order chi connectivity index (χ0) is 10.6. The summed E-state index contributed by atoms with van der Waals surface area (Å²) in [6, 6.07) is 0.0344. The first-order valence-corrected chi connectivity index (χ1v) is 4.78. The van der Waals surface area contributed by atoms with E-state index in [1.54, 1.807) is 6.92 Å². The first-order valence-electron chi connectivity index (χ1n) is 4.78. The van der Waals surface area contributed by atoms with E-state index in [1.165, 1.54) is 4.90 Å². The molecule has 0 spiro atoms. The summed E-state index contributed by atoms with van der Waals surface area (Å²) in [4.78, 5) is 23.5. The zero-order valence-electron chi connectivity index (χ0n) is 8.49. The van der Waals surface area contributed by atoms with Crippen molar-refractivity contribution in [2.75, 3.05) is 13.3 Å². The molecule has 1 fully saturated rings. The number of nitrogens with zero attached hydrogens (tertiary/aromatic N) is 1. The van der Waals surface area contributed by atoms with E-state index in [-0.39, 0.29) is 18.7 Å². The van der Waals surface area contributed by atoms with Crippen LogP contribution in [0.15, 0.2) is 0 Å². The molecule has 0 aromatic rings. The van der Waals surface area contributed by atoms with Crippen molar-refractivity contribution >= 4 is 12.1 Å². The van der Waals surface area contributed by atoms with E-state index in [2.05, 4.69) is 0 Å². The van der Waals surface area contributed by atoms with E-state index < -0.39 is 6.09 Å². The average Bonchev–Trinajstić information content (AvgIpc) is 2.55. The lowest BCUT2D eigenvalue weighted by Gasteiger charge is -2.19. The number of ether oxygens (including phenoxy) is 2. The Kier molecular flexibility index (Phi) is 3.73. The van der Waals surface area contributed by atoms with Crippen LogP contribution in [0.4, 0.5) is 4.79 Å². The number of esters is 1. The molecule has 0 aliphatic carbocycles. The van der Waals surface area contributed by atoms with Gasteiger partial charge in [-0.1, -0.05) is 13.8 Å². The average molecular weight is 201 g/mol. The lowest BCUT2D eigenvalue weighted by molar-refractivity contribution is -0.147.